The number of thiophene rings is 1. The molecule has 1 aromatic heterocycles. The Kier molecular flexibility index (Phi) is 2.71. The first-order valence-electron chi connectivity index (χ1n) is 4.08. The Morgan fingerprint density at radius 3 is 2.73 bits per heavy atom. The van der Waals surface area contributed by atoms with Crippen molar-refractivity contribution in [1.29, 1.82) is 0 Å². The Morgan fingerprint density at radius 2 is 2.13 bits per heavy atom. The summed E-state index contributed by atoms with van der Waals surface area (Å²) in [6.07, 6.45) is 0. The second-order valence-corrected chi connectivity index (χ2v) is 4.89. The number of fused-ring (bicyclic) bond motifs is 1. The lowest BCUT2D eigenvalue weighted by molar-refractivity contribution is 0.108. The van der Waals surface area contributed by atoms with Crippen molar-refractivity contribution < 1.29 is 9.18 Å². The van der Waals surface area contributed by atoms with E-state index in [1.54, 1.807) is 13.0 Å². The summed E-state index contributed by atoms with van der Waals surface area (Å²) in [5.74, 6) is -0.311. The van der Waals surface area contributed by atoms with Gasteiger partial charge in [-0.3, -0.25) is 4.79 Å². The van der Waals surface area contributed by atoms with Gasteiger partial charge in [-0.15, -0.1) is 11.3 Å². The van der Waals surface area contributed by atoms with E-state index >= 15 is 0 Å². The molecule has 1 heterocycles. The highest BCUT2D eigenvalue weighted by Crippen LogP contribution is 2.37. The Balaban J connectivity index is 2.83. The Labute approximate surface area is 99.4 Å². The minimum Gasteiger partial charge on any atom is -0.275 e. The first kappa shape index (κ1) is 10.9. The molecule has 2 rings (SSSR count). The normalized spacial score (nSPS) is 10.9. The number of carbonyl (C=O) groups excluding carboxylic acids is 1. The molecule has 5 heteroatoms. The van der Waals surface area contributed by atoms with Gasteiger partial charge in [0.2, 0.25) is 0 Å². The fourth-order valence-corrected chi connectivity index (χ4v) is 2.93. The van der Waals surface area contributed by atoms with Crippen LogP contribution in [0.4, 0.5) is 4.39 Å². The van der Waals surface area contributed by atoms with Crippen LogP contribution in [-0.2, 0) is 0 Å². The van der Waals surface area contributed by atoms with Crippen molar-refractivity contribution >= 4 is 49.9 Å². The topological polar surface area (TPSA) is 17.1 Å². The quantitative estimate of drug-likeness (QED) is 0.698. The van der Waals surface area contributed by atoms with Crippen molar-refractivity contribution in [2.75, 3.05) is 0 Å². The van der Waals surface area contributed by atoms with Gasteiger partial charge < -0.3 is 0 Å². The molecule has 0 radical (unpaired) electrons. The van der Waals surface area contributed by atoms with Crippen molar-refractivity contribution in [3.05, 3.63) is 33.4 Å². The van der Waals surface area contributed by atoms with Gasteiger partial charge in [0.1, 0.15) is 10.7 Å². The lowest BCUT2D eigenvalue weighted by Gasteiger charge is -1.95. The number of hydrogen-bond donors (Lipinski definition) is 0. The summed E-state index contributed by atoms with van der Waals surface area (Å²) in [6, 6.07) is 2.98. The maximum Gasteiger partial charge on any atom is 0.263 e. The fraction of sp³-hybridized carbons (Fsp3) is 0.100. The number of rotatable bonds is 1. The molecule has 0 bridgehead atoms. The fourth-order valence-electron chi connectivity index (χ4n) is 1.32. The summed E-state index contributed by atoms with van der Waals surface area (Å²) in [4.78, 5) is 11.3. The van der Waals surface area contributed by atoms with Gasteiger partial charge in [0.15, 0.2) is 0 Å². The molecule has 0 aliphatic carbocycles. The van der Waals surface area contributed by atoms with Gasteiger partial charge in [0.05, 0.1) is 5.02 Å². The van der Waals surface area contributed by atoms with E-state index in [0.717, 1.165) is 11.3 Å². The molecule has 0 fully saturated rings. The van der Waals surface area contributed by atoms with Gasteiger partial charge in [0.25, 0.3) is 5.24 Å². The summed E-state index contributed by atoms with van der Waals surface area (Å²) < 4.78 is 13.9. The van der Waals surface area contributed by atoms with Gasteiger partial charge >= 0.3 is 0 Å². The minimum absolute atomic E-state index is 0.262. The van der Waals surface area contributed by atoms with Crippen LogP contribution in [0.5, 0.6) is 0 Å². The third kappa shape index (κ3) is 1.75. The molecular formula is C10H5Cl2FOS. The molecule has 0 spiro atoms. The summed E-state index contributed by atoms with van der Waals surface area (Å²) >= 11 is 12.4. The first-order valence-corrected chi connectivity index (χ1v) is 5.66. The third-order valence-corrected chi connectivity index (χ3v) is 4.04. The van der Waals surface area contributed by atoms with Crippen LogP contribution >= 0.6 is 34.5 Å². The number of carbonyl (C=O) groups is 1. The number of benzene rings is 1. The molecule has 2 aromatic rings. The lowest BCUT2D eigenvalue weighted by atomic mass is 10.2. The van der Waals surface area contributed by atoms with Crippen LogP contribution in [0.25, 0.3) is 10.1 Å². The minimum atomic E-state index is -0.612. The molecule has 15 heavy (non-hydrogen) atoms. The molecule has 0 N–H and O–H groups in total. The Hall–Kier alpha value is -0.640. The van der Waals surface area contributed by atoms with E-state index in [2.05, 4.69) is 0 Å². The Morgan fingerprint density at radius 1 is 1.47 bits per heavy atom. The number of aryl methyl sites for hydroxylation is 1. The highest BCUT2D eigenvalue weighted by atomic mass is 35.5. The molecule has 0 saturated carbocycles. The van der Waals surface area contributed by atoms with Crippen LogP contribution in [-0.4, -0.2) is 5.24 Å². The summed E-state index contributed by atoms with van der Waals surface area (Å²) in [5, 5.41) is 0.363. The van der Waals surface area contributed by atoms with Gasteiger partial charge in [-0.25, -0.2) is 4.39 Å². The average Bonchev–Trinajstić information content (AvgIpc) is 2.46. The predicted octanol–water partition coefficient (Wildman–Crippen LogP) is 4.38. The van der Waals surface area contributed by atoms with Crippen LogP contribution in [0.2, 0.25) is 5.02 Å². The Bertz CT molecular complexity index is 562. The maximum atomic E-state index is 13.2. The third-order valence-electron chi connectivity index (χ3n) is 2.09. The standard InChI is InChI=1S/C10H5Cl2FOS/c1-4-2-5-7(3-6(4)13)15-9(8(5)11)10(12)14/h2-3H,1H3. The zero-order valence-corrected chi connectivity index (χ0v) is 9.93. The molecule has 0 atom stereocenters. The summed E-state index contributed by atoms with van der Waals surface area (Å²) in [5.41, 5.74) is 0.496. The van der Waals surface area contributed by atoms with Crippen molar-refractivity contribution in [2.45, 2.75) is 6.92 Å². The highest BCUT2D eigenvalue weighted by Gasteiger charge is 2.16. The van der Waals surface area contributed by atoms with E-state index in [4.69, 9.17) is 23.2 Å². The lowest BCUT2D eigenvalue weighted by Crippen LogP contribution is -1.82. The molecule has 0 aliphatic rings. The molecule has 0 saturated heterocycles. The van der Waals surface area contributed by atoms with Crippen LogP contribution in [0.3, 0.4) is 0 Å². The largest absolute Gasteiger partial charge is 0.275 e. The van der Waals surface area contributed by atoms with Gasteiger partial charge in [-0.1, -0.05) is 11.6 Å². The van der Waals surface area contributed by atoms with Gasteiger partial charge in [-0.05, 0) is 36.2 Å². The molecule has 1 nitrogen and oxygen atoms in total. The smallest absolute Gasteiger partial charge is 0.263 e. The highest BCUT2D eigenvalue weighted by molar-refractivity contribution is 7.23. The maximum absolute atomic E-state index is 13.2. The summed E-state index contributed by atoms with van der Waals surface area (Å²) in [7, 11) is 0. The number of halogens is 3. The number of hydrogen-bond acceptors (Lipinski definition) is 2. The van der Waals surface area contributed by atoms with Crippen LogP contribution < -0.4 is 0 Å². The average molecular weight is 263 g/mol. The molecule has 78 valence electrons. The van der Waals surface area contributed by atoms with E-state index in [1.807, 2.05) is 0 Å². The van der Waals surface area contributed by atoms with Crippen molar-refractivity contribution in [3.63, 3.8) is 0 Å². The van der Waals surface area contributed by atoms with E-state index in [1.165, 1.54) is 6.07 Å². The van der Waals surface area contributed by atoms with Crippen molar-refractivity contribution in [2.24, 2.45) is 0 Å². The van der Waals surface area contributed by atoms with Crippen LogP contribution in [0.15, 0.2) is 12.1 Å². The van der Waals surface area contributed by atoms with Crippen molar-refractivity contribution in [3.8, 4) is 0 Å². The zero-order chi connectivity index (χ0) is 11.2. The van der Waals surface area contributed by atoms with Gasteiger partial charge in [0, 0.05) is 10.1 Å². The molecule has 0 unspecified atom stereocenters. The van der Waals surface area contributed by atoms with Crippen LogP contribution in [0, 0.1) is 12.7 Å². The van der Waals surface area contributed by atoms with Crippen LogP contribution in [0.1, 0.15) is 15.2 Å². The second kappa shape index (κ2) is 3.74. The van der Waals surface area contributed by atoms with E-state index in [-0.39, 0.29) is 10.7 Å². The molecule has 0 amide bonds. The van der Waals surface area contributed by atoms with E-state index in [9.17, 15) is 9.18 Å². The first-order chi connectivity index (χ1) is 7.00. The zero-order valence-electron chi connectivity index (χ0n) is 7.61. The molecular weight excluding hydrogens is 258 g/mol. The predicted molar refractivity (Wildman–Crippen MR) is 61.7 cm³/mol. The second-order valence-electron chi connectivity index (χ2n) is 3.12. The van der Waals surface area contributed by atoms with E-state index in [0.29, 0.717) is 20.7 Å². The monoisotopic (exact) mass is 262 g/mol. The van der Waals surface area contributed by atoms with E-state index < -0.39 is 5.24 Å². The van der Waals surface area contributed by atoms with Gasteiger partial charge in [-0.2, -0.15) is 0 Å². The van der Waals surface area contributed by atoms with Crippen molar-refractivity contribution in [1.82, 2.24) is 0 Å². The SMILES string of the molecule is Cc1cc2c(Cl)c(C(=O)Cl)sc2cc1F. The molecule has 1 aromatic carbocycles. The molecule has 0 aliphatic heterocycles. The summed E-state index contributed by atoms with van der Waals surface area (Å²) in [6.45, 7) is 1.64.